The van der Waals surface area contributed by atoms with Crippen LogP contribution in [0.15, 0.2) is 65.1 Å². The zero-order chi connectivity index (χ0) is 21.1. The van der Waals surface area contributed by atoms with Gasteiger partial charge >= 0.3 is 0 Å². The number of carbonyl (C=O) groups excluding carboxylic acids is 1. The molecule has 0 fully saturated rings. The number of amides is 1. The van der Waals surface area contributed by atoms with E-state index < -0.39 is 0 Å². The number of rotatable bonds is 7. The molecule has 1 N–H and O–H groups in total. The highest BCUT2D eigenvalue weighted by Gasteiger charge is 2.15. The van der Waals surface area contributed by atoms with Crippen molar-refractivity contribution in [3.63, 3.8) is 0 Å². The maximum atomic E-state index is 12.6. The molecule has 154 valence electrons. The van der Waals surface area contributed by atoms with Gasteiger partial charge in [-0.05, 0) is 36.9 Å². The van der Waals surface area contributed by atoms with Crippen LogP contribution >= 0.6 is 0 Å². The van der Waals surface area contributed by atoms with E-state index in [2.05, 4.69) is 5.32 Å². The number of methoxy groups -OCH3 is 2. The molecular weight excluding hydrogens is 380 g/mol. The lowest BCUT2D eigenvalue weighted by atomic mass is 10.1. The number of furan rings is 1. The molecule has 0 spiro atoms. The van der Waals surface area contributed by atoms with Crippen molar-refractivity contribution in [1.29, 1.82) is 0 Å². The largest absolute Gasteiger partial charge is 0.497 e. The molecule has 4 aromatic rings. The number of para-hydroxylation sites is 1. The van der Waals surface area contributed by atoms with E-state index >= 15 is 0 Å². The first-order chi connectivity index (χ1) is 14.6. The van der Waals surface area contributed by atoms with Crippen LogP contribution in [0.5, 0.6) is 11.5 Å². The Morgan fingerprint density at radius 3 is 2.47 bits per heavy atom. The summed E-state index contributed by atoms with van der Waals surface area (Å²) >= 11 is 0. The van der Waals surface area contributed by atoms with E-state index in [4.69, 9.17) is 13.9 Å². The van der Waals surface area contributed by atoms with Crippen LogP contribution in [0.1, 0.15) is 5.56 Å². The van der Waals surface area contributed by atoms with E-state index in [1.165, 1.54) is 0 Å². The minimum absolute atomic E-state index is 0.125. The van der Waals surface area contributed by atoms with Gasteiger partial charge < -0.3 is 19.2 Å². The third-order valence-corrected chi connectivity index (χ3v) is 5.00. The van der Waals surface area contributed by atoms with Crippen LogP contribution in [0.4, 0.5) is 5.69 Å². The van der Waals surface area contributed by atoms with Gasteiger partial charge in [0.25, 0.3) is 0 Å². The van der Waals surface area contributed by atoms with Crippen molar-refractivity contribution in [3.8, 4) is 11.5 Å². The highest BCUT2D eigenvalue weighted by Crippen LogP contribution is 2.36. The lowest BCUT2D eigenvalue weighted by molar-refractivity contribution is -0.117. The van der Waals surface area contributed by atoms with E-state index in [0.29, 0.717) is 23.6 Å². The quantitative estimate of drug-likeness (QED) is 0.485. The second-order valence-corrected chi connectivity index (χ2v) is 7.22. The maximum absolute atomic E-state index is 12.6. The van der Waals surface area contributed by atoms with Crippen LogP contribution in [-0.4, -0.2) is 38.6 Å². The summed E-state index contributed by atoms with van der Waals surface area (Å²) in [6, 6.07) is 19.4. The summed E-state index contributed by atoms with van der Waals surface area (Å²) in [6.07, 6.45) is 0. The SMILES string of the molecule is COc1ccc(CN(C)CC(=O)Nc2cc3oc4ccccc4c3cc2OC)cc1. The molecule has 0 unspecified atom stereocenters. The summed E-state index contributed by atoms with van der Waals surface area (Å²) in [7, 11) is 5.14. The van der Waals surface area contributed by atoms with E-state index in [0.717, 1.165) is 27.7 Å². The molecule has 0 bridgehead atoms. The summed E-state index contributed by atoms with van der Waals surface area (Å²) in [4.78, 5) is 14.6. The van der Waals surface area contributed by atoms with Crippen LogP contribution in [0.2, 0.25) is 0 Å². The molecule has 0 aliphatic rings. The van der Waals surface area contributed by atoms with Gasteiger partial charge in [0.2, 0.25) is 5.91 Å². The van der Waals surface area contributed by atoms with Gasteiger partial charge in [0, 0.05) is 23.4 Å². The van der Waals surface area contributed by atoms with Crippen LogP contribution in [-0.2, 0) is 11.3 Å². The van der Waals surface area contributed by atoms with Crippen LogP contribution in [0, 0.1) is 0 Å². The van der Waals surface area contributed by atoms with Crippen molar-refractivity contribution < 1.29 is 18.7 Å². The van der Waals surface area contributed by atoms with Crippen LogP contribution < -0.4 is 14.8 Å². The Morgan fingerprint density at radius 1 is 0.967 bits per heavy atom. The van der Waals surface area contributed by atoms with Gasteiger partial charge in [-0.1, -0.05) is 30.3 Å². The summed E-state index contributed by atoms with van der Waals surface area (Å²) < 4.78 is 16.6. The monoisotopic (exact) mass is 404 g/mol. The minimum atomic E-state index is -0.125. The second-order valence-electron chi connectivity index (χ2n) is 7.22. The third kappa shape index (κ3) is 4.09. The number of nitrogens with one attached hydrogen (secondary N) is 1. The second kappa shape index (κ2) is 8.47. The average Bonchev–Trinajstić information content (AvgIpc) is 3.10. The number of hydrogen-bond acceptors (Lipinski definition) is 5. The van der Waals surface area contributed by atoms with Crippen molar-refractivity contribution in [2.24, 2.45) is 0 Å². The number of carbonyl (C=O) groups is 1. The molecule has 0 radical (unpaired) electrons. The molecule has 1 aromatic heterocycles. The van der Waals surface area contributed by atoms with Gasteiger partial charge in [-0.25, -0.2) is 0 Å². The topological polar surface area (TPSA) is 63.9 Å². The maximum Gasteiger partial charge on any atom is 0.238 e. The molecular formula is C24H24N2O4. The number of fused-ring (bicyclic) bond motifs is 3. The number of nitrogens with zero attached hydrogens (tertiary/aromatic N) is 1. The first-order valence-electron chi connectivity index (χ1n) is 9.68. The minimum Gasteiger partial charge on any atom is -0.497 e. The molecule has 0 saturated carbocycles. The van der Waals surface area contributed by atoms with E-state index in [-0.39, 0.29) is 12.5 Å². The normalized spacial score (nSPS) is 11.2. The van der Waals surface area contributed by atoms with Gasteiger partial charge in [-0.3, -0.25) is 9.69 Å². The van der Waals surface area contributed by atoms with Crippen LogP contribution in [0.25, 0.3) is 21.9 Å². The van der Waals surface area contributed by atoms with E-state index in [9.17, 15) is 4.79 Å². The smallest absolute Gasteiger partial charge is 0.238 e. The number of benzene rings is 3. The molecule has 30 heavy (non-hydrogen) atoms. The van der Waals surface area contributed by atoms with E-state index in [1.807, 2.05) is 72.6 Å². The fourth-order valence-electron chi connectivity index (χ4n) is 3.55. The first kappa shape index (κ1) is 19.8. The summed E-state index contributed by atoms with van der Waals surface area (Å²) in [5.41, 5.74) is 3.20. The molecule has 4 rings (SSSR count). The Hall–Kier alpha value is -3.51. The zero-order valence-electron chi connectivity index (χ0n) is 17.3. The number of anilines is 1. The molecule has 6 heteroatoms. The number of hydrogen-bond donors (Lipinski definition) is 1. The van der Waals surface area contributed by atoms with Gasteiger partial charge in [0.15, 0.2) is 0 Å². The Kier molecular flexibility index (Phi) is 5.59. The number of ether oxygens (including phenoxy) is 2. The highest BCUT2D eigenvalue weighted by molar-refractivity contribution is 6.07. The Bertz CT molecular complexity index is 1180. The van der Waals surface area contributed by atoms with Crippen molar-refractivity contribution in [3.05, 3.63) is 66.2 Å². The molecule has 3 aromatic carbocycles. The molecule has 0 aliphatic carbocycles. The number of likely N-dealkylation sites (N-methyl/N-ethyl adjacent to an activating group) is 1. The van der Waals surface area contributed by atoms with Gasteiger partial charge in [0.05, 0.1) is 26.5 Å². The molecule has 0 atom stereocenters. The fourth-order valence-corrected chi connectivity index (χ4v) is 3.55. The first-order valence-corrected chi connectivity index (χ1v) is 9.68. The standard InChI is InChI=1S/C24H24N2O4/c1-26(14-16-8-10-17(28-2)11-9-16)15-24(27)25-20-13-22-19(12-23(20)29-3)18-6-4-5-7-21(18)30-22/h4-13H,14-15H2,1-3H3,(H,25,27). The lowest BCUT2D eigenvalue weighted by Gasteiger charge is -2.17. The average molecular weight is 404 g/mol. The van der Waals surface area contributed by atoms with Gasteiger partial charge in [0.1, 0.15) is 22.7 Å². The van der Waals surface area contributed by atoms with Gasteiger partial charge in [-0.15, -0.1) is 0 Å². The summed E-state index contributed by atoms with van der Waals surface area (Å²) in [5, 5.41) is 4.92. The Balaban J connectivity index is 1.48. The molecule has 0 saturated heterocycles. The molecule has 1 heterocycles. The third-order valence-electron chi connectivity index (χ3n) is 5.00. The Morgan fingerprint density at radius 2 is 1.73 bits per heavy atom. The van der Waals surface area contributed by atoms with Crippen molar-refractivity contribution in [1.82, 2.24) is 4.90 Å². The molecule has 6 nitrogen and oxygen atoms in total. The van der Waals surface area contributed by atoms with E-state index in [1.54, 1.807) is 14.2 Å². The highest BCUT2D eigenvalue weighted by atomic mass is 16.5. The van der Waals surface area contributed by atoms with Crippen LogP contribution in [0.3, 0.4) is 0 Å². The van der Waals surface area contributed by atoms with Crippen molar-refractivity contribution >= 4 is 33.5 Å². The lowest BCUT2D eigenvalue weighted by Crippen LogP contribution is -2.29. The van der Waals surface area contributed by atoms with Gasteiger partial charge in [-0.2, -0.15) is 0 Å². The summed E-state index contributed by atoms with van der Waals surface area (Å²) in [6.45, 7) is 0.893. The predicted molar refractivity (Wildman–Crippen MR) is 118 cm³/mol. The summed E-state index contributed by atoms with van der Waals surface area (Å²) in [5.74, 6) is 1.28. The predicted octanol–water partition coefficient (Wildman–Crippen LogP) is 4.67. The molecule has 1 amide bonds. The Labute approximate surface area is 175 Å². The zero-order valence-corrected chi connectivity index (χ0v) is 17.3. The van der Waals surface area contributed by atoms with Crippen molar-refractivity contribution in [2.45, 2.75) is 6.54 Å². The molecule has 0 aliphatic heterocycles. The fraction of sp³-hybridized carbons (Fsp3) is 0.208. The van der Waals surface area contributed by atoms with Crippen molar-refractivity contribution in [2.75, 3.05) is 33.1 Å².